The fourth-order valence-corrected chi connectivity index (χ4v) is 8.75. The van der Waals surface area contributed by atoms with E-state index >= 15 is 0 Å². The van der Waals surface area contributed by atoms with Crippen molar-refractivity contribution in [3.8, 4) is 0 Å². The minimum atomic E-state index is -1.05. The first-order chi connectivity index (χ1) is 27.0. The Labute approximate surface area is 339 Å². The second-order valence-electron chi connectivity index (χ2n) is 16.0. The molecule has 314 valence electrons. The SMILES string of the molecule is CC[C@H](C)[C@H](NC(=O)[C@H]1C[C@H](C)CCN1C)C(=O)N(CC)[C@H](C[C@@H](OC(C)=O)c1nc(C(=O)N[C@H]2Cc3ccc(NC(=O)CN)cc3[C@H](C(=O)O)C2)cs1)C(C)C. The van der Waals surface area contributed by atoms with E-state index in [1.807, 2.05) is 41.7 Å². The average Bonchev–Trinajstić information content (AvgIpc) is 3.67. The summed E-state index contributed by atoms with van der Waals surface area (Å²) in [6, 6.07) is 3.07. The van der Waals surface area contributed by atoms with Gasteiger partial charge >= 0.3 is 11.9 Å². The molecule has 4 rings (SSSR count). The van der Waals surface area contributed by atoms with Crippen molar-refractivity contribution < 1.29 is 38.6 Å². The van der Waals surface area contributed by atoms with Crippen LogP contribution in [0.1, 0.15) is 119 Å². The third-order valence-corrected chi connectivity index (χ3v) is 12.3. The first-order valence-electron chi connectivity index (χ1n) is 20.1. The largest absolute Gasteiger partial charge is 0.481 e. The summed E-state index contributed by atoms with van der Waals surface area (Å²) in [7, 11) is 1.94. The molecule has 0 spiro atoms. The zero-order valence-corrected chi connectivity index (χ0v) is 35.3. The Hall–Kier alpha value is -4.41. The molecule has 2 aromatic rings. The number of carbonyl (C=O) groups is 6. The number of carboxylic acids is 1. The average molecular weight is 812 g/mol. The number of benzene rings is 1. The number of carboxylic acid groups (broad SMARTS) is 1. The molecule has 1 aromatic heterocycles. The van der Waals surface area contributed by atoms with Crippen LogP contribution in [0, 0.1) is 17.8 Å². The number of nitrogens with zero attached hydrogens (tertiary/aromatic N) is 3. The van der Waals surface area contributed by atoms with Crippen LogP contribution in [0.5, 0.6) is 0 Å². The lowest BCUT2D eigenvalue weighted by Gasteiger charge is -2.40. The molecule has 0 unspecified atom stereocenters. The van der Waals surface area contributed by atoms with E-state index in [0.717, 1.165) is 36.3 Å². The van der Waals surface area contributed by atoms with E-state index in [1.54, 1.807) is 28.5 Å². The maximum Gasteiger partial charge on any atom is 0.311 e. The summed E-state index contributed by atoms with van der Waals surface area (Å²) < 4.78 is 5.82. The summed E-state index contributed by atoms with van der Waals surface area (Å²) in [6.45, 7) is 14.2. The number of hydrogen-bond acceptors (Lipinski definition) is 11. The van der Waals surface area contributed by atoms with Crippen LogP contribution >= 0.6 is 11.3 Å². The standard InChI is InChI=1S/C41H61N7O8S/c1-9-24(6)36(46-38(52)33-15-23(5)13-14-47(33)8)40(53)48(10-2)32(22(3)4)19-34(56-25(7)49)39-45-31(21-57-39)37(51)44-28-16-26-11-12-27(43-35(50)20-42)17-29(26)30(18-28)41(54)55/h11-12,17,21-24,28,30,32-34,36H,9-10,13-16,18-20,42H2,1-8H3,(H,43,50)(H,44,51)(H,46,52)(H,54,55)/t23-,24+,28+,30-,32-,33-,34-,36+/m1/s1. The Morgan fingerprint density at radius 3 is 2.46 bits per heavy atom. The number of amides is 4. The molecule has 15 nitrogen and oxygen atoms in total. The number of ether oxygens (including phenoxy) is 1. The summed E-state index contributed by atoms with van der Waals surface area (Å²) in [4.78, 5) is 86.7. The van der Waals surface area contributed by atoms with Gasteiger partial charge in [-0.15, -0.1) is 11.3 Å². The van der Waals surface area contributed by atoms with Gasteiger partial charge in [0.25, 0.3) is 5.91 Å². The highest BCUT2D eigenvalue weighted by Gasteiger charge is 2.39. The molecule has 8 atom stereocenters. The number of esters is 1. The van der Waals surface area contributed by atoms with E-state index in [1.165, 1.54) is 6.92 Å². The Bertz CT molecular complexity index is 1770. The first-order valence-corrected chi connectivity index (χ1v) is 21.0. The number of hydrogen-bond donors (Lipinski definition) is 5. The molecular weight excluding hydrogens is 751 g/mol. The van der Waals surface area contributed by atoms with Gasteiger partial charge in [0.15, 0.2) is 6.10 Å². The van der Waals surface area contributed by atoms with E-state index in [4.69, 9.17) is 10.5 Å². The molecule has 1 aromatic carbocycles. The van der Waals surface area contributed by atoms with Crippen LogP contribution in [-0.2, 0) is 35.1 Å². The van der Waals surface area contributed by atoms with Crippen molar-refractivity contribution in [2.24, 2.45) is 23.5 Å². The number of thiazole rings is 1. The molecule has 2 aliphatic rings. The van der Waals surface area contributed by atoms with E-state index in [-0.39, 0.29) is 54.8 Å². The molecule has 1 saturated heterocycles. The third-order valence-electron chi connectivity index (χ3n) is 11.4. The monoisotopic (exact) mass is 811 g/mol. The van der Waals surface area contributed by atoms with Crippen LogP contribution in [0.25, 0.3) is 0 Å². The van der Waals surface area contributed by atoms with Gasteiger partial charge in [-0.25, -0.2) is 4.98 Å². The predicted molar refractivity (Wildman–Crippen MR) is 218 cm³/mol. The number of nitrogens with one attached hydrogen (secondary N) is 3. The summed E-state index contributed by atoms with van der Waals surface area (Å²) in [5, 5.41) is 20.8. The highest BCUT2D eigenvalue weighted by molar-refractivity contribution is 7.09. The molecule has 1 aliphatic carbocycles. The quantitative estimate of drug-likeness (QED) is 0.144. The summed E-state index contributed by atoms with van der Waals surface area (Å²) >= 11 is 1.16. The topological polar surface area (TPSA) is 213 Å². The number of rotatable bonds is 17. The van der Waals surface area contributed by atoms with E-state index in [0.29, 0.717) is 41.6 Å². The van der Waals surface area contributed by atoms with Crippen LogP contribution in [0.3, 0.4) is 0 Å². The third kappa shape index (κ3) is 11.6. The number of carbonyl (C=O) groups excluding carboxylic acids is 5. The zero-order valence-electron chi connectivity index (χ0n) is 34.5. The number of fused-ring (bicyclic) bond motifs is 1. The van der Waals surface area contributed by atoms with Crippen molar-refractivity contribution in [1.29, 1.82) is 0 Å². The molecule has 57 heavy (non-hydrogen) atoms. The van der Waals surface area contributed by atoms with Crippen molar-refractivity contribution in [2.75, 3.05) is 32.0 Å². The Kier molecular flexibility index (Phi) is 16.2. The van der Waals surface area contributed by atoms with Gasteiger partial charge in [-0.2, -0.15) is 0 Å². The van der Waals surface area contributed by atoms with Gasteiger partial charge < -0.3 is 36.4 Å². The Morgan fingerprint density at radius 2 is 1.84 bits per heavy atom. The molecule has 1 aliphatic heterocycles. The normalized spacial score (nSPS) is 21.6. The lowest BCUT2D eigenvalue weighted by molar-refractivity contribution is -0.149. The predicted octanol–water partition coefficient (Wildman–Crippen LogP) is 4.08. The molecule has 0 radical (unpaired) electrons. The van der Waals surface area contributed by atoms with Gasteiger partial charge in [-0.05, 0) is 87.2 Å². The van der Waals surface area contributed by atoms with E-state index < -0.39 is 53.9 Å². The number of nitrogens with two attached hydrogens (primary N) is 1. The van der Waals surface area contributed by atoms with Crippen molar-refractivity contribution in [3.63, 3.8) is 0 Å². The van der Waals surface area contributed by atoms with Crippen molar-refractivity contribution in [1.82, 2.24) is 25.4 Å². The van der Waals surface area contributed by atoms with Crippen molar-refractivity contribution in [3.05, 3.63) is 45.4 Å². The fraction of sp³-hybridized carbons (Fsp3) is 0.634. The summed E-state index contributed by atoms with van der Waals surface area (Å²) in [6.07, 6.45) is 2.26. The highest BCUT2D eigenvalue weighted by Crippen LogP contribution is 2.35. The number of aliphatic carboxylic acids is 1. The van der Waals surface area contributed by atoms with Gasteiger partial charge in [0.1, 0.15) is 16.7 Å². The molecule has 6 N–H and O–H groups in total. The zero-order chi connectivity index (χ0) is 42.1. The summed E-state index contributed by atoms with van der Waals surface area (Å²) in [5.74, 6) is -3.56. The lowest BCUT2D eigenvalue weighted by atomic mass is 9.80. The molecule has 16 heteroatoms. The van der Waals surface area contributed by atoms with Crippen LogP contribution in [0.4, 0.5) is 5.69 Å². The smallest absolute Gasteiger partial charge is 0.311 e. The maximum absolute atomic E-state index is 14.5. The molecule has 0 saturated carbocycles. The number of aromatic nitrogens is 1. The molecular formula is C41H61N7O8S. The van der Waals surface area contributed by atoms with Gasteiger partial charge in [-0.3, -0.25) is 33.7 Å². The Balaban J connectivity index is 1.52. The highest BCUT2D eigenvalue weighted by atomic mass is 32.1. The summed E-state index contributed by atoms with van der Waals surface area (Å²) in [5.41, 5.74) is 7.25. The number of likely N-dealkylation sites (N-methyl/N-ethyl adjacent to an activating group) is 2. The second-order valence-corrected chi connectivity index (χ2v) is 16.9. The van der Waals surface area contributed by atoms with Gasteiger partial charge in [0.05, 0.1) is 18.5 Å². The molecule has 2 heterocycles. The van der Waals surface area contributed by atoms with Crippen LogP contribution in [-0.4, -0.2) is 106 Å². The number of anilines is 1. The molecule has 4 amide bonds. The Morgan fingerprint density at radius 1 is 1.12 bits per heavy atom. The van der Waals surface area contributed by atoms with Gasteiger partial charge in [0.2, 0.25) is 17.7 Å². The first kappa shape index (κ1) is 45.3. The number of likely N-dealkylation sites (tertiary alicyclic amines) is 1. The minimum Gasteiger partial charge on any atom is -0.481 e. The van der Waals surface area contributed by atoms with Crippen LogP contribution in [0.15, 0.2) is 23.6 Å². The van der Waals surface area contributed by atoms with Gasteiger partial charge in [-0.1, -0.05) is 47.1 Å². The lowest BCUT2D eigenvalue weighted by Crippen LogP contribution is -2.59. The van der Waals surface area contributed by atoms with Crippen LogP contribution < -0.4 is 21.7 Å². The minimum absolute atomic E-state index is 0.0716. The van der Waals surface area contributed by atoms with E-state index in [2.05, 4.69) is 32.8 Å². The number of piperidine rings is 1. The fourth-order valence-electron chi connectivity index (χ4n) is 7.91. The van der Waals surface area contributed by atoms with Crippen molar-refractivity contribution in [2.45, 2.75) is 123 Å². The van der Waals surface area contributed by atoms with E-state index in [9.17, 15) is 33.9 Å². The van der Waals surface area contributed by atoms with Crippen molar-refractivity contribution >= 4 is 52.6 Å². The van der Waals surface area contributed by atoms with Crippen LogP contribution in [0.2, 0.25) is 0 Å². The van der Waals surface area contributed by atoms with Gasteiger partial charge in [0, 0.05) is 43.0 Å². The maximum atomic E-state index is 14.5. The molecule has 0 bridgehead atoms. The molecule has 1 fully saturated rings. The second kappa shape index (κ2) is 20.3.